The zero-order valence-corrected chi connectivity index (χ0v) is 10.9. The minimum Gasteiger partial charge on any atom is -0.394 e. The maximum atomic E-state index is 12.0. The van der Waals surface area contributed by atoms with Gasteiger partial charge in [0.1, 0.15) is 0 Å². The highest BCUT2D eigenvalue weighted by Gasteiger charge is 2.28. The average molecular weight is 261 g/mol. The number of nitrogens with one attached hydrogen (secondary N) is 1. The van der Waals surface area contributed by atoms with Crippen LogP contribution in [-0.2, 0) is 5.54 Å². The Bertz CT molecular complexity index is 510. The summed E-state index contributed by atoms with van der Waals surface area (Å²) in [5.74, 6) is -0.162. The first-order valence-electron chi connectivity index (χ1n) is 5.68. The molecular weight excluding hydrogens is 246 g/mol. The lowest BCUT2D eigenvalue weighted by molar-refractivity contribution is 0.0854. The second-order valence-electron chi connectivity index (χ2n) is 4.29. The Morgan fingerprint density at radius 1 is 1.28 bits per heavy atom. The van der Waals surface area contributed by atoms with Crippen LogP contribution in [-0.4, -0.2) is 17.6 Å². The molecule has 1 aromatic heterocycles. The summed E-state index contributed by atoms with van der Waals surface area (Å²) in [4.78, 5) is 12.7. The third kappa shape index (κ3) is 2.60. The maximum Gasteiger partial charge on any atom is 0.262 e. The minimum atomic E-state index is -0.762. The van der Waals surface area contributed by atoms with E-state index in [0.717, 1.165) is 5.56 Å². The van der Waals surface area contributed by atoms with E-state index in [9.17, 15) is 9.90 Å². The van der Waals surface area contributed by atoms with Gasteiger partial charge in [-0.1, -0.05) is 36.4 Å². The van der Waals surface area contributed by atoms with Crippen molar-refractivity contribution < 1.29 is 9.90 Å². The summed E-state index contributed by atoms with van der Waals surface area (Å²) in [6, 6.07) is 13.1. The van der Waals surface area contributed by atoms with Gasteiger partial charge < -0.3 is 10.4 Å². The van der Waals surface area contributed by atoms with Crippen LogP contribution in [0.4, 0.5) is 0 Å². The normalized spacial score (nSPS) is 13.9. The molecule has 1 atom stereocenters. The van der Waals surface area contributed by atoms with Crippen molar-refractivity contribution in [1.82, 2.24) is 5.32 Å². The van der Waals surface area contributed by atoms with Crippen molar-refractivity contribution in [3.05, 3.63) is 58.3 Å². The van der Waals surface area contributed by atoms with E-state index in [1.165, 1.54) is 11.3 Å². The van der Waals surface area contributed by atoms with Crippen LogP contribution < -0.4 is 5.32 Å². The summed E-state index contributed by atoms with van der Waals surface area (Å²) in [7, 11) is 0. The van der Waals surface area contributed by atoms with E-state index in [2.05, 4.69) is 5.32 Å². The Morgan fingerprint density at radius 2 is 2.00 bits per heavy atom. The molecule has 1 unspecified atom stereocenters. The fourth-order valence-electron chi connectivity index (χ4n) is 1.73. The Morgan fingerprint density at radius 3 is 2.56 bits per heavy atom. The SMILES string of the molecule is CC(CO)(NC(=O)c1cccs1)c1ccccc1. The lowest BCUT2D eigenvalue weighted by atomic mass is 9.93. The number of benzene rings is 1. The van der Waals surface area contributed by atoms with Crippen LogP contribution >= 0.6 is 11.3 Å². The van der Waals surface area contributed by atoms with Gasteiger partial charge in [-0.15, -0.1) is 11.3 Å². The number of aliphatic hydroxyl groups excluding tert-OH is 1. The van der Waals surface area contributed by atoms with Crippen molar-refractivity contribution in [2.24, 2.45) is 0 Å². The zero-order chi connectivity index (χ0) is 13.0. The standard InChI is InChI=1S/C14H15NO2S/c1-14(10-16,11-6-3-2-4-7-11)15-13(17)12-8-5-9-18-12/h2-9,16H,10H2,1H3,(H,15,17). The number of aliphatic hydroxyl groups is 1. The molecule has 0 aliphatic heterocycles. The molecule has 0 fully saturated rings. The van der Waals surface area contributed by atoms with Crippen molar-refractivity contribution >= 4 is 17.2 Å². The molecule has 94 valence electrons. The second kappa shape index (κ2) is 5.33. The van der Waals surface area contributed by atoms with Crippen LogP contribution in [0.1, 0.15) is 22.2 Å². The predicted octanol–water partition coefficient (Wildman–Crippen LogP) is 2.39. The highest BCUT2D eigenvalue weighted by Crippen LogP contribution is 2.21. The number of thiophene rings is 1. The zero-order valence-electron chi connectivity index (χ0n) is 10.1. The Labute approximate surface area is 110 Å². The van der Waals surface area contributed by atoms with E-state index in [0.29, 0.717) is 4.88 Å². The van der Waals surface area contributed by atoms with Crippen LogP contribution in [0, 0.1) is 0 Å². The molecule has 1 amide bonds. The molecule has 0 bridgehead atoms. The van der Waals surface area contributed by atoms with E-state index >= 15 is 0 Å². The second-order valence-corrected chi connectivity index (χ2v) is 5.24. The van der Waals surface area contributed by atoms with E-state index in [4.69, 9.17) is 0 Å². The Kier molecular flexibility index (Phi) is 3.79. The van der Waals surface area contributed by atoms with Gasteiger partial charge in [0.05, 0.1) is 17.0 Å². The molecule has 0 aliphatic rings. The van der Waals surface area contributed by atoms with Gasteiger partial charge in [-0.2, -0.15) is 0 Å². The van der Waals surface area contributed by atoms with E-state index < -0.39 is 5.54 Å². The average Bonchev–Trinajstić information content (AvgIpc) is 2.93. The molecule has 2 aromatic rings. The van der Waals surface area contributed by atoms with Crippen LogP contribution in [0.25, 0.3) is 0 Å². The lowest BCUT2D eigenvalue weighted by Gasteiger charge is -2.29. The van der Waals surface area contributed by atoms with Crippen LogP contribution in [0.15, 0.2) is 47.8 Å². The van der Waals surface area contributed by atoms with Crippen molar-refractivity contribution in [2.75, 3.05) is 6.61 Å². The van der Waals surface area contributed by atoms with Gasteiger partial charge in [0.25, 0.3) is 5.91 Å². The summed E-state index contributed by atoms with van der Waals surface area (Å²) in [5, 5.41) is 14.3. The first kappa shape index (κ1) is 12.8. The molecule has 1 heterocycles. The van der Waals surface area contributed by atoms with Gasteiger partial charge in [0, 0.05) is 0 Å². The molecule has 2 rings (SSSR count). The molecule has 1 aromatic carbocycles. The monoisotopic (exact) mass is 261 g/mol. The molecule has 2 N–H and O–H groups in total. The van der Waals surface area contributed by atoms with Crippen molar-refractivity contribution in [1.29, 1.82) is 0 Å². The lowest BCUT2D eigenvalue weighted by Crippen LogP contribution is -2.46. The fourth-order valence-corrected chi connectivity index (χ4v) is 2.35. The minimum absolute atomic E-state index is 0.145. The van der Waals surface area contributed by atoms with Gasteiger partial charge in [-0.05, 0) is 23.9 Å². The largest absolute Gasteiger partial charge is 0.394 e. The van der Waals surface area contributed by atoms with E-state index in [-0.39, 0.29) is 12.5 Å². The third-order valence-electron chi connectivity index (χ3n) is 2.86. The highest BCUT2D eigenvalue weighted by molar-refractivity contribution is 7.12. The van der Waals surface area contributed by atoms with E-state index in [1.807, 2.05) is 48.7 Å². The topological polar surface area (TPSA) is 49.3 Å². The first-order chi connectivity index (χ1) is 8.65. The van der Waals surface area contributed by atoms with Crippen LogP contribution in [0.5, 0.6) is 0 Å². The van der Waals surface area contributed by atoms with E-state index in [1.54, 1.807) is 6.07 Å². The van der Waals surface area contributed by atoms with Gasteiger partial charge in [-0.3, -0.25) is 4.79 Å². The van der Waals surface area contributed by atoms with Gasteiger partial charge in [0.2, 0.25) is 0 Å². The molecule has 3 nitrogen and oxygen atoms in total. The van der Waals surface area contributed by atoms with Crippen molar-refractivity contribution in [3.63, 3.8) is 0 Å². The maximum absolute atomic E-state index is 12.0. The molecular formula is C14H15NO2S. The van der Waals surface area contributed by atoms with Gasteiger partial charge in [0.15, 0.2) is 0 Å². The molecule has 0 spiro atoms. The molecule has 0 radical (unpaired) electrons. The number of hydrogen-bond acceptors (Lipinski definition) is 3. The fraction of sp³-hybridized carbons (Fsp3) is 0.214. The smallest absolute Gasteiger partial charge is 0.262 e. The number of carbonyl (C=O) groups is 1. The highest BCUT2D eigenvalue weighted by atomic mass is 32.1. The molecule has 0 aliphatic carbocycles. The number of carbonyl (C=O) groups excluding carboxylic acids is 1. The van der Waals surface area contributed by atoms with Crippen molar-refractivity contribution in [2.45, 2.75) is 12.5 Å². The Balaban J connectivity index is 2.21. The van der Waals surface area contributed by atoms with Crippen LogP contribution in [0.3, 0.4) is 0 Å². The van der Waals surface area contributed by atoms with Crippen molar-refractivity contribution in [3.8, 4) is 0 Å². The third-order valence-corrected chi connectivity index (χ3v) is 3.73. The number of rotatable bonds is 4. The number of hydrogen-bond donors (Lipinski definition) is 2. The summed E-state index contributed by atoms with van der Waals surface area (Å²) >= 11 is 1.38. The van der Waals surface area contributed by atoms with Gasteiger partial charge >= 0.3 is 0 Å². The Hall–Kier alpha value is -1.65. The number of amides is 1. The molecule has 18 heavy (non-hydrogen) atoms. The molecule has 4 heteroatoms. The van der Waals surface area contributed by atoms with Crippen LogP contribution in [0.2, 0.25) is 0 Å². The molecule has 0 saturated carbocycles. The molecule has 0 saturated heterocycles. The predicted molar refractivity (Wildman–Crippen MR) is 72.7 cm³/mol. The quantitative estimate of drug-likeness (QED) is 0.887. The summed E-state index contributed by atoms with van der Waals surface area (Å²) in [6.07, 6.45) is 0. The summed E-state index contributed by atoms with van der Waals surface area (Å²) in [6.45, 7) is 1.67. The van der Waals surface area contributed by atoms with Gasteiger partial charge in [-0.25, -0.2) is 0 Å². The summed E-state index contributed by atoms with van der Waals surface area (Å²) in [5.41, 5.74) is 0.125. The summed E-state index contributed by atoms with van der Waals surface area (Å²) < 4.78 is 0. The first-order valence-corrected chi connectivity index (χ1v) is 6.56.